The Labute approximate surface area is 225 Å². The second-order valence-electron chi connectivity index (χ2n) is 9.92. The van der Waals surface area contributed by atoms with Gasteiger partial charge < -0.3 is 0 Å². The van der Waals surface area contributed by atoms with E-state index in [9.17, 15) is 0 Å². The molecule has 0 aliphatic rings. The van der Waals surface area contributed by atoms with Crippen molar-refractivity contribution in [1.29, 1.82) is 0 Å². The summed E-state index contributed by atoms with van der Waals surface area (Å²) in [5.41, 5.74) is 9.87. The summed E-state index contributed by atoms with van der Waals surface area (Å²) in [7, 11) is 0. The highest BCUT2D eigenvalue weighted by atomic mass is 15.0. The molecule has 0 aliphatic carbocycles. The van der Waals surface area contributed by atoms with Gasteiger partial charge in [0.1, 0.15) is 5.65 Å². The van der Waals surface area contributed by atoms with E-state index >= 15 is 0 Å². The van der Waals surface area contributed by atoms with Crippen molar-refractivity contribution < 1.29 is 0 Å². The summed E-state index contributed by atoms with van der Waals surface area (Å²) in [6, 6.07) is 44.9. The van der Waals surface area contributed by atoms with Gasteiger partial charge in [-0.3, -0.25) is 9.38 Å². The lowest BCUT2D eigenvalue weighted by atomic mass is 9.94. The van der Waals surface area contributed by atoms with Gasteiger partial charge in [0.05, 0.1) is 16.7 Å². The summed E-state index contributed by atoms with van der Waals surface area (Å²) in [4.78, 5) is 9.93. The van der Waals surface area contributed by atoms with E-state index in [0.717, 1.165) is 38.9 Å². The van der Waals surface area contributed by atoms with Crippen LogP contribution in [0.2, 0.25) is 0 Å². The lowest BCUT2D eigenvalue weighted by molar-refractivity contribution is 1.23. The van der Waals surface area contributed by atoms with Gasteiger partial charge in [-0.05, 0) is 57.8 Å². The average Bonchev–Trinajstić information content (AvgIpc) is 3.42. The van der Waals surface area contributed by atoms with Crippen LogP contribution in [0.25, 0.3) is 71.7 Å². The first-order valence-electron chi connectivity index (χ1n) is 13.2. The Bertz CT molecular complexity index is 2140. The molecular weight excluding hydrogens is 474 g/mol. The van der Waals surface area contributed by atoms with Crippen molar-refractivity contribution in [2.45, 2.75) is 0 Å². The molecule has 3 aromatic heterocycles. The quantitative estimate of drug-likeness (QED) is 0.228. The van der Waals surface area contributed by atoms with Crippen LogP contribution in [0.15, 0.2) is 140 Å². The fraction of sp³-hybridized carbons (Fsp3) is 0. The van der Waals surface area contributed by atoms with E-state index in [0.29, 0.717) is 0 Å². The zero-order chi connectivity index (χ0) is 25.8. The molecule has 0 atom stereocenters. The van der Waals surface area contributed by atoms with Crippen molar-refractivity contribution in [2.75, 3.05) is 0 Å². The number of imidazole rings is 1. The largest absolute Gasteiger partial charge is 0.299 e. The molecule has 8 rings (SSSR count). The summed E-state index contributed by atoms with van der Waals surface area (Å²) < 4.78 is 2.20. The third-order valence-electron chi connectivity index (χ3n) is 7.64. The predicted octanol–water partition coefficient (Wildman–Crippen LogP) is 9.19. The Hall–Kier alpha value is -5.28. The van der Waals surface area contributed by atoms with Gasteiger partial charge in [-0.2, -0.15) is 0 Å². The SMILES string of the molecule is c1ccc(-c2ccc(-c3ccc4c(c3)c3cc(-c5ccccc5)ccc3c3nc5ccccn5c43)nc2)cc1. The first-order chi connectivity index (χ1) is 19.3. The highest BCUT2D eigenvalue weighted by molar-refractivity contribution is 6.25. The number of nitrogens with zero attached hydrogens (tertiary/aromatic N) is 3. The lowest BCUT2D eigenvalue weighted by Gasteiger charge is -2.12. The number of fused-ring (bicyclic) bond motifs is 8. The minimum Gasteiger partial charge on any atom is -0.299 e. The summed E-state index contributed by atoms with van der Waals surface area (Å²) >= 11 is 0. The van der Waals surface area contributed by atoms with Gasteiger partial charge in [0.2, 0.25) is 0 Å². The Morgan fingerprint density at radius 1 is 0.462 bits per heavy atom. The normalized spacial score (nSPS) is 11.6. The van der Waals surface area contributed by atoms with E-state index < -0.39 is 0 Å². The minimum atomic E-state index is 0.954. The molecule has 0 radical (unpaired) electrons. The maximum atomic E-state index is 5.07. The molecule has 0 saturated heterocycles. The van der Waals surface area contributed by atoms with Crippen LogP contribution < -0.4 is 0 Å². The van der Waals surface area contributed by atoms with Crippen LogP contribution in [-0.2, 0) is 0 Å². The zero-order valence-corrected chi connectivity index (χ0v) is 21.1. The van der Waals surface area contributed by atoms with Crippen LogP contribution in [0.3, 0.4) is 0 Å². The molecule has 0 bridgehead atoms. The number of rotatable bonds is 3. The summed E-state index contributed by atoms with van der Waals surface area (Å²) in [6.45, 7) is 0. The van der Waals surface area contributed by atoms with Crippen molar-refractivity contribution in [3.05, 3.63) is 140 Å². The smallest absolute Gasteiger partial charge is 0.137 e. The van der Waals surface area contributed by atoms with Crippen LogP contribution >= 0.6 is 0 Å². The standard InChI is InChI=1S/C36H23N3/c1-3-9-24(10-4-1)26-14-17-29-31(21-26)32-22-27(33-19-16-28(23-37-33)25-11-5-2-6-12-25)15-18-30(32)36-35(29)38-34-13-7-8-20-39(34)36/h1-23H. The van der Waals surface area contributed by atoms with Crippen LogP contribution in [0.4, 0.5) is 0 Å². The highest BCUT2D eigenvalue weighted by Crippen LogP contribution is 2.39. The first-order valence-corrected chi connectivity index (χ1v) is 13.2. The molecule has 182 valence electrons. The summed E-state index contributed by atoms with van der Waals surface area (Å²) in [6.07, 6.45) is 4.07. The molecule has 0 unspecified atom stereocenters. The van der Waals surface area contributed by atoms with E-state index in [4.69, 9.17) is 9.97 Å². The van der Waals surface area contributed by atoms with Crippen LogP contribution in [-0.4, -0.2) is 14.4 Å². The number of hydrogen-bond donors (Lipinski definition) is 0. The average molecular weight is 498 g/mol. The molecule has 0 aliphatic heterocycles. The van der Waals surface area contributed by atoms with E-state index in [-0.39, 0.29) is 0 Å². The molecule has 5 aromatic carbocycles. The number of hydrogen-bond acceptors (Lipinski definition) is 2. The lowest BCUT2D eigenvalue weighted by Crippen LogP contribution is -1.89. The predicted molar refractivity (Wildman–Crippen MR) is 162 cm³/mol. The van der Waals surface area contributed by atoms with Gasteiger partial charge in [-0.25, -0.2) is 4.98 Å². The maximum Gasteiger partial charge on any atom is 0.137 e. The van der Waals surface area contributed by atoms with Gasteiger partial charge in [-0.1, -0.05) is 97.1 Å². The van der Waals surface area contributed by atoms with Crippen LogP contribution in [0.1, 0.15) is 0 Å². The van der Waals surface area contributed by atoms with E-state index in [2.05, 4.69) is 126 Å². The topological polar surface area (TPSA) is 30.2 Å². The van der Waals surface area contributed by atoms with Crippen molar-refractivity contribution >= 4 is 38.2 Å². The molecule has 3 heterocycles. The molecule has 0 saturated carbocycles. The molecule has 0 N–H and O–H groups in total. The van der Waals surface area contributed by atoms with Crippen molar-refractivity contribution in [3.8, 4) is 33.5 Å². The van der Waals surface area contributed by atoms with Gasteiger partial charge in [0.25, 0.3) is 0 Å². The van der Waals surface area contributed by atoms with Gasteiger partial charge in [0, 0.05) is 34.3 Å². The molecule has 3 heteroatoms. The number of benzene rings is 5. The van der Waals surface area contributed by atoms with Gasteiger partial charge >= 0.3 is 0 Å². The van der Waals surface area contributed by atoms with E-state index in [1.807, 2.05) is 18.3 Å². The monoisotopic (exact) mass is 497 g/mol. The maximum absolute atomic E-state index is 5.07. The number of pyridine rings is 2. The molecule has 39 heavy (non-hydrogen) atoms. The van der Waals surface area contributed by atoms with Crippen molar-refractivity contribution in [1.82, 2.24) is 14.4 Å². The van der Waals surface area contributed by atoms with E-state index in [1.54, 1.807) is 0 Å². The third kappa shape index (κ3) is 3.52. The summed E-state index contributed by atoms with van der Waals surface area (Å²) in [5, 5.41) is 4.74. The van der Waals surface area contributed by atoms with Crippen LogP contribution in [0, 0.1) is 0 Å². The highest BCUT2D eigenvalue weighted by Gasteiger charge is 2.16. The molecule has 0 fully saturated rings. The Balaban J connectivity index is 1.39. The van der Waals surface area contributed by atoms with Gasteiger partial charge in [0.15, 0.2) is 0 Å². The fourth-order valence-corrected chi connectivity index (χ4v) is 5.72. The zero-order valence-electron chi connectivity index (χ0n) is 21.1. The second kappa shape index (κ2) is 8.64. The van der Waals surface area contributed by atoms with Crippen molar-refractivity contribution in [2.24, 2.45) is 0 Å². The third-order valence-corrected chi connectivity index (χ3v) is 7.64. The minimum absolute atomic E-state index is 0.954. The number of aromatic nitrogens is 3. The molecule has 8 aromatic rings. The van der Waals surface area contributed by atoms with Gasteiger partial charge in [-0.15, -0.1) is 0 Å². The fourth-order valence-electron chi connectivity index (χ4n) is 5.72. The second-order valence-corrected chi connectivity index (χ2v) is 9.92. The Morgan fingerprint density at radius 2 is 1.10 bits per heavy atom. The molecule has 0 spiro atoms. The van der Waals surface area contributed by atoms with Crippen molar-refractivity contribution in [3.63, 3.8) is 0 Å². The van der Waals surface area contributed by atoms with E-state index in [1.165, 1.54) is 32.8 Å². The Morgan fingerprint density at radius 3 is 1.87 bits per heavy atom. The molecule has 3 nitrogen and oxygen atoms in total. The summed E-state index contributed by atoms with van der Waals surface area (Å²) in [5.74, 6) is 0. The molecular formula is C36H23N3. The Kier molecular flexibility index (Phi) is 4.82. The molecule has 0 amide bonds. The first kappa shape index (κ1) is 21.8. The van der Waals surface area contributed by atoms with Crippen LogP contribution in [0.5, 0.6) is 0 Å².